The standard InChI is InChI=1S/C13H10Cl3N/c1-7-3-4-12(17-8(7)2)9-5-10(14)13(16)11(15)6-9/h3-6H,1-2H3. The lowest BCUT2D eigenvalue weighted by Crippen LogP contribution is -1.90. The Morgan fingerprint density at radius 2 is 1.53 bits per heavy atom. The molecule has 0 N–H and O–H groups in total. The minimum Gasteiger partial charge on any atom is -0.253 e. The highest BCUT2D eigenvalue weighted by Gasteiger charge is 2.08. The van der Waals surface area contributed by atoms with E-state index in [1.54, 1.807) is 12.1 Å². The molecule has 2 aromatic rings. The van der Waals surface area contributed by atoms with Crippen molar-refractivity contribution in [3.05, 3.63) is 50.6 Å². The zero-order chi connectivity index (χ0) is 12.6. The number of halogens is 3. The van der Waals surface area contributed by atoms with Crippen molar-refractivity contribution in [2.75, 3.05) is 0 Å². The zero-order valence-electron chi connectivity index (χ0n) is 9.39. The van der Waals surface area contributed by atoms with Crippen molar-refractivity contribution in [1.82, 2.24) is 4.98 Å². The van der Waals surface area contributed by atoms with E-state index in [9.17, 15) is 0 Å². The van der Waals surface area contributed by atoms with Crippen molar-refractivity contribution < 1.29 is 0 Å². The minimum absolute atomic E-state index is 0.376. The molecule has 0 unspecified atom stereocenters. The first kappa shape index (κ1) is 12.7. The van der Waals surface area contributed by atoms with Gasteiger partial charge in [0.05, 0.1) is 20.8 Å². The normalized spacial score (nSPS) is 10.6. The summed E-state index contributed by atoms with van der Waals surface area (Å²) in [6.07, 6.45) is 0. The fourth-order valence-electron chi connectivity index (χ4n) is 1.49. The molecule has 4 heteroatoms. The van der Waals surface area contributed by atoms with Crippen molar-refractivity contribution in [2.24, 2.45) is 0 Å². The second-order valence-electron chi connectivity index (χ2n) is 3.85. The van der Waals surface area contributed by atoms with Crippen molar-refractivity contribution in [1.29, 1.82) is 0 Å². The average Bonchev–Trinajstić information content (AvgIpc) is 2.29. The summed E-state index contributed by atoms with van der Waals surface area (Å²) in [6, 6.07) is 7.51. The molecule has 1 nitrogen and oxygen atoms in total. The van der Waals surface area contributed by atoms with E-state index >= 15 is 0 Å². The fraction of sp³-hybridized carbons (Fsp3) is 0.154. The molecule has 1 aromatic heterocycles. The molecule has 0 spiro atoms. The Morgan fingerprint density at radius 1 is 0.941 bits per heavy atom. The number of hydrogen-bond acceptors (Lipinski definition) is 1. The first-order valence-electron chi connectivity index (χ1n) is 5.08. The van der Waals surface area contributed by atoms with Gasteiger partial charge in [-0.15, -0.1) is 0 Å². The molecule has 0 radical (unpaired) electrons. The van der Waals surface area contributed by atoms with E-state index in [2.05, 4.69) is 4.98 Å². The summed E-state index contributed by atoms with van der Waals surface area (Å²) in [5.41, 5.74) is 3.85. The molecule has 2 rings (SSSR count). The van der Waals surface area contributed by atoms with E-state index < -0.39 is 0 Å². The molecular weight excluding hydrogens is 277 g/mol. The largest absolute Gasteiger partial charge is 0.253 e. The van der Waals surface area contributed by atoms with Gasteiger partial charge in [0.15, 0.2) is 0 Å². The fourth-order valence-corrected chi connectivity index (χ4v) is 2.09. The number of nitrogens with zero attached hydrogens (tertiary/aromatic N) is 1. The Bertz CT molecular complexity index is 556. The maximum Gasteiger partial charge on any atom is 0.0778 e. The lowest BCUT2D eigenvalue weighted by atomic mass is 10.1. The van der Waals surface area contributed by atoms with E-state index in [1.165, 1.54) is 0 Å². The smallest absolute Gasteiger partial charge is 0.0778 e. The topological polar surface area (TPSA) is 12.9 Å². The number of aryl methyl sites for hydroxylation is 2. The highest BCUT2D eigenvalue weighted by Crippen LogP contribution is 2.34. The Labute approximate surface area is 115 Å². The van der Waals surface area contributed by atoms with Gasteiger partial charge in [-0.05, 0) is 37.6 Å². The van der Waals surface area contributed by atoms with Crippen LogP contribution in [0.5, 0.6) is 0 Å². The molecule has 0 bridgehead atoms. The highest BCUT2D eigenvalue weighted by atomic mass is 35.5. The Kier molecular flexibility index (Phi) is 3.62. The summed E-state index contributed by atoms with van der Waals surface area (Å²) in [5, 5.41) is 1.25. The van der Waals surface area contributed by atoms with E-state index in [1.807, 2.05) is 26.0 Å². The molecule has 17 heavy (non-hydrogen) atoms. The van der Waals surface area contributed by atoms with Gasteiger partial charge in [-0.3, -0.25) is 4.98 Å². The summed E-state index contributed by atoms with van der Waals surface area (Å²) >= 11 is 17.9. The van der Waals surface area contributed by atoms with Crippen molar-refractivity contribution in [3.8, 4) is 11.3 Å². The lowest BCUT2D eigenvalue weighted by molar-refractivity contribution is 1.15. The summed E-state index contributed by atoms with van der Waals surface area (Å²) in [7, 11) is 0. The van der Waals surface area contributed by atoms with Gasteiger partial charge >= 0.3 is 0 Å². The van der Waals surface area contributed by atoms with Crippen LogP contribution in [0.2, 0.25) is 15.1 Å². The Morgan fingerprint density at radius 3 is 2.06 bits per heavy atom. The monoisotopic (exact) mass is 285 g/mol. The summed E-state index contributed by atoms with van der Waals surface area (Å²) in [5.74, 6) is 0. The molecular formula is C13H10Cl3N. The van der Waals surface area contributed by atoms with Crippen molar-refractivity contribution >= 4 is 34.8 Å². The third-order valence-electron chi connectivity index (χ3n) is 2.63. The maximum absolute atomic E-state index is 6.00. The van der Waals surface area contributed by atoms with Crippen molar-refractivity contribution in [2.45, 2.75) is 13.8 Å². The second-order valence-corrected chi connectivity index (χ2v) is 5.05. The molecule has 1 heterocycles. The number of rotatable bonds is 1. The lowest BCUT2D eigenvalue weighted by Gasteiger charge is -2.07. The van der Waals surface area contributed by atoms with Gasteiger partial charge in [0.25, 0.3) is 0 Å². The highest BCUT2D eigenvalue weighted by molar-refractivity contribution is 6.48. The molecule has 0 amide bonds. The summed E-state index contributed by atoms with van der Waals surface area (Å²) in [6.45, 7) is 3.99. The first-order chi connectivity index (χ1) is 7.99. The predicted molar refractivity (Wildman–Crippen MR) is 74.2 cm³/mol. The molecule has 0 fully saturated rings. The summed E-state index contributed by atoms with van der Waals surface area (Å²) in [4.78, 5) is 4.49. The van der Waals surface area contributed by atoms with Gasteiger partial charge in [-0.2, -0.15) is 0 Å². The van der Waals surface area contributed by atoms with Gasteiger partial charge in [0, 0.05) is 11.3 Å². The molecule has 0 saturated carbocycles. The quantitative estimate of drug-likeness (QED) is 0.646. The van der Waals surface area contributed by atoms with E-state index in [0.717, 1.165) is 22.5 Å². The number of pyridine rings is 1. The SMILES string of the molecule is Cc1ccc(-c2cc(Cl)c(Cl)c(Cl)c2)nc1C. The third-order valence-corrected chi connectivity index (χ3v) is 3.83. The molecule has 0 atom stereocenters. The van der Waals surface area contributed by atoms with Crippen LogP contribution in [0.4, 0.5) is 0 Å². The molecule has 88 valence electrons. The summed E-state index contributed by atoms with van der Waals surface area (Å²) < 4.78 is 0. The van der Waals surface area contributed by atoms with Crippen LogP contribution < -0.4 is 0 Å². The van der Waals surface area contributed by atoms with Crippen LogP contribution in [0.3, 0.4) is 0 Å². The number of hydrogen-bond donors (Lipinski definition) is 0. The Hall–Kier alpha value is -0.760. The Balaban J connectivity index is 2.57. The van der Waals surface area contributed by atoms with E-state index in [-0.39, 0.29) is 0 Å². The molecule has 1 aromatic carbocycles. The zero-order valence-corrected chi connectivity index (χ0v) is 11.7. The van der Waals surface area contributed by atoms with Gasteiger partial charge < -0.3 is 0 Å². The maximum atomic E-state index is 6.00. The van der Waals surface area contributed by atoms with Gasteiger partial charge in [-0.1, -0.05) is 40.9 Å². The van der Waals surface area contributed by atoms with Crippen molar-refractivity contribution in [3.63, 3.8) is 0 Å². The molecule has 0 aliphatic rings. The first-order valence-corrected chi connectivity index (χ1v) is 6.21. The minimum atomic E-state index is 0.376. The third kappa shape index (κ3) is 2.57. The number of aromatic nitrogens is 1. The van der Waals surface area contributed by atoms with Crippen LogP contribution in [-0.4, -0.2) is 4.98 Å². The van der Waals surface area contributed by atoms with Crippen LogP contribution in [0.15, 0.2) is 24.3 Å². The van der Waals surface area contributed by atoms with Crippen LogP contribution in [0.1, 0.15) is 11.3 Å². The van der Waals surface area contributed by atoms with Crippen LogP contribution in [-0.2, 0) is 0 Å². The second kappa shape index (κ2) is 4.85. The van der Waals surface area contributed by atoms with E-state index in [0.29, 0.717) is 15.1 Å². The van der Waals surface area contributed by atoms with E-state index in [4.69, 9.17) is 34.8 Å². The van der Waals surface area contributed by atoms with Crippen LogP contribution in [0, 0.1) is 13.8 Å². The van der Waals surface area contributed by atoms with Crippen LogP contribution >= 0.6 is 34.8 Å². The predicted octanol–water partition coefficient (Wildman–Crippen LogP) is 5.33. The van der Waals surface area contributed by atoms with Gasteiger partial charge in [0.2, 0.25) is 0 Å². The average molecular weight is 287 g/mol. The van der Waals surface area contributed by atoms with Crippen LogP contribution in [0.25, 0.3) is 11.3 Å². The molecule has 0 aliphatic heterocycles. The molecule has 0 saturated heterocycles. The molecule has 0 aliphatic carbocycles. The number of benzene rings is 1. The van der Waals surface area contributed by atoms with Gasteiger partial charge in [-0.25, -0.2) is 0 Å². The van der Waals surface area contributed by atoms with Gasteiger partial charge in [0.1, 0.15) is 0 Å².